The van der Waals surface area contributed by atoms with Crippen molar-refractivity contribution in [2.75, 3.05) is 6.61 Å². The number of aliphatic hydroxyl groups is 2. The first-order valence-electron chi connectivity index (χ1n) is 10.5. The standard InChI is InChI=1S/C10H20O2.C8H16O2.C3H8O2/c1-2-3-4-5-6-7-8-9-10(11)12;1-2-3-4-5-6-7-8(9)10;1-3(5)2-4/h2-9H2,1H3,(H,11,12);2-7H2,1H3,(H,9,10);3-5H,2H2,1H3/p-2. The molecule has 0 saturated carbocycles. The maximum atomic E-state index is 10.0. The van der Waals surface area contributed by atoms with Gasteiger partial charge < -0.3 is 30.0 Å². The normalized spacial score (nSPS) is 10.9. The Bertz CT molecular complexity index is 305. The molecule has 0 radical (unpaired) electrons. The third-order valence-electron chi connectivity index (χ3n) is 3.73. The van der Waals surface area contributed by atoms with Crippen LogP contribution >= 0.6 is 0 Å². The molecule has 1 atom stereocenters. The maximum Gasteiger partial charge on any atom is 0.0742 e. The lowest BCUT2D eigenvalue weighted by Gasteiger charge is -2.01. The van der Waals surface area contributed by atoms with Crippen LogP contribution in [0.5, 0.6) is 0 Å². The average molecular weight is 391 g/mol. The van der Waals surface area contributed by atoms with E-state index in [0.717, 1.165) is 32.1 Å². The summed E-state index contributed by atoms with van der Waals surface area (Å²) in [4.78, 5) is 19.9. The number of aliphatic carboxylic acids is 2. The molecule has 6 nitrogen and oxygen atoms in total. The summed E-state index contributed by atoms with van der Waals surface area (Å²) in [5, 5.41) is 35.9. The van der Waals surface area contributed by atoms with E-state index in [-0.39, 0.29) is 19.4 Å². The zero-order valence-electron chi connectivity index (χ0n) is 17.7. The second kappa shape index (κ2) is 27.1. The van der Waals surface area contributed by atoms with Crippen molar-refractivity contribution < 1.29 is 30.0 Å². The number of carbonyl (C=O) groups is 2. The lowest BCUT2D eigenvalue weighted by Crippen LogP contribution is -2.21. The number of carboxylic acid groups (broad SMARTS) is 2. The number of carbonyl (C=O) groups excluding carboxylic acids is 2. The molecule has 0 bridgehead atoms. The maximum absolute atomic E-state index is 10.0. The second-order valence-electron chi connectivity index (χ2n) is 6.81. The predicted molar refractivity (Wildman–Crippen MR) is 105 cm³/mol. The highest BCUT2D eigenvalue weighted by Gasteiger charge is 1.91. The topological polar surface area (TPSA) is 121 Å². The minimum absolute atomic E-state index is 0.139. The van der Waals surface area contributed by atoms with Gasteiger partial charge in [-0.2, -0.15) is 0 Å². The number of rotatable bonds is 15. The lowest BCUT2D eigenvalue weighted by atomic mass is 10.1. The molecule has 0 fully saturated rings. The summed E-state index contributed by atoms with van der Waals surface area (Å²) in [6.45, 7) is 5.72. The van der Waals surface area contributed by atoms with Gasteiger partial charge in [0.25, 0.3) is 0 Å². The van der Waals surface area contributed by atoms with Gasteiger partial charge in [0.2, 0.25) is 0 Å². The molecule has 0 amide bonds. The van der Waals surface area contributed by atoms with E-state index in [1.54, 1.807) is 0 Å². The van der Waals surface area contributed by atoms with Gasteiger partial charge in [0.05, 0.1) is 12.7 Å². The first kappa shape index (κ1) is 30.6. The van der Waals surface area contributed by atoms with E-state index >= 15 is 0 Å². The lowest BCUT2D eigenvalue weighted by molar-refractivity contribution is -0.307. The summed E-state index contributed by atoms with van der Waals surface area (Å²) in [5.41, 5.74) is 0. The molecule has 2 N–H and O–H groups in total. The highest BCUT2D eigenvalue weighted by molar-refractivity contribution is 5.64. The van der Waals surface area contributed by atoms with Crippen LogP contribution in [0.3, 0.4) is 0 Å². The molecule has 27 heavy (non-hydrogen) atoms. The van der Waals surface area contributed by atoms with Gasteiger partial charge in [-0.1, -0.05) is 78.1 Å². The molecule has 0 rings (SSSR count). The van der Waals surface area contributed by atoms with E-state index < -0.39 is 18.0 Å². The van der Waals surface area contributed by atoms with Gasteiger partial charge >= 0.3 is 0 Å². The van der Waals surface area contributed by atoms with Crippen molar-refractivity contribution in [3.05, 3.63) is 0 Å². The van der Waals surface area contributed by atoms with Gasteiger partial charge in [0, 0.05) is 11.9 Å². The first-order valence-corrected chi connectivity index (χ1v) is 10.5. The molecule has 164 valence electrons. The van der Waals surface area contributed by atoms with Crippen LogP contribution in [0.2, 0.25) is 0 Å². The van der Waals surface area contributed by atoms with Gasteiger partial charge in [-0.15, -0.1) is 0 Å². The Hall–Kier alpha value is -1.14. The average Bonchev–Trinajstić information content (AvgIpc) is 2.61. The van der Waals surface area contributed by atoms with E-state index in [9.17, 15) is 19.8 Å². The second-order valence-corrected chi connectivity index (χ2v) is 6.81. The fourth-order valence-corrected chi connectivity index (χ4v) is 2.10. The summed E-state index contributed by atoms with van der Waals surface area (Å²) >= 11 is 0. The van der Waals surface area contributed by atoms with Gasteiger partial charge in [-0.3, -0.25) is 0 Å². The molecule has 0 aliphatic heterocycles. The Morgan fingerprint density at radius 2 is 0.963 bits per heavy atom. The smallest absolute Gasteiger partial charge is 0.0742 e. The SMILES string of the molecule is CC(O)CO.CCCCCCCC(=O)[O-].CCCCCCCCCC(=O)[O-]. The Kier molecular flexibility index (Phi) is 30.7. The number of unbranched alkanes of at least 4 members (excludes halogenated alkanes) is 10. The molecular formula is C21H42O6-2. The highest BCUT2D eigenvalue weighted by Crippen LogP contribution is 2.07. The minimum Gasteiger partial charge on any atom is -0.550 e. The predicted octanol–water partition coefficient (Wildman–Crippen LogP) is 2.33. The molecule has 0 spiro atoms. The Labute approximate surface area is 166 Å². The van der Waals surface area contributed by atoms with Crippen LogP contribution in [0.15, 0.2) is 0 Å². The van der Waals surface area contributed by atoms with Crippen LogP contribution in [0.25, 0.3) is 0 Å². The molecule has 0 saturated heterocycles. The number of carboxylic acids is 2. The van der Waals surface area contributed by atoms with Crippen LogP contribution in [0, 0.1) is 0 Å². The van der Waals surface area contributed by atoms with Crippen molar-refractivity contribution in [2.24, 2.45) is 0 Å². The first-order chi connectivity index (χ1) is 12.8. The largest absolute Gasteiger partial charge is 0.550 e. The molecule has 0 heterocycles. The molecule has 6 heteroatoms. The summed E-state index contributed by atoms with van der Waals surface area (Å²) in [6.07, 6.45) is 13.4. The summed E-state index contributed by atoms with van der Waals surface area (Å²) < 4.78 is 0. The van der Waals surface area contributed by atoms with Crippen molar-refractivity contribution in [1.29, 1.82) is 0 Å². The molecule has 0 aliphatic rings. The quantitative estimate of drug-likeness (QED) is 0.414. The van der Waals surface area contributed by atoms with Crippen LogP contribution in [0.4, 0.5) is 0 Å². The number of hydrogen-bond acceptors (Lipinski definition) is 6. The molecule has 0 aromatic heterocycles. The van der Waals surface area contributed by atoms with Gasteiger partial charge in [-0.05, 0) is 32.6 Å². The third-order valence-corrected chi connectivity index (χ3v) is 3.73. The fraction of sp³-hybridized carbons (Fsp3) is 0.905. The van der Waals surface area contributed by atoms with Crippen LogP contribution in [0.1, 0.15) is 111 Å². The summed E-state index contributed by atoms with van der Waals surface area (Å²) in [7, 11) is 0. The van der Waals surface area contributed by atoms with Gasteiger partial charge in [0.15, 0.2) is 0 Å². The Balaban J connectivity index is -0.000000347. The van der Waals surface area contributed by atoms with E-state index in [4.69, 9.17) is 10.2 Å². The fourth-order valence-electron chi connectivity index (χ4n) is 2.10. The van der Waals surface area contributed by atoms with E-state index in [1.807, 2.05) is 0 Å². The van der Waals surface area contributed by atoms with E-state index in [2.05, 4.69) is 13.8 Å². The summed E-state index contributed by atoms with van der Waals surface area (Å²) in [5.74, 6) is -1.83. The summed E-state index contributed by atoms with van der Waals surface area (Å²) in [6, 6.07) is 0. The van der Waals surface area contributed by atoms with Crippen LogP contribution in [-0.4, -0.2) is 34.9 Å². The monoisotopic (exact) mass is 390 g/mol. The van der Waals surface area contributed by atoms with Crippen molar-refractivity contribution in [3.63, 3.8) is 0 Å². The van der Waals surface area contributed by atoms with Crippen molar-refractivity contribution in [2.45, 2.75) is 117 Å². The molecule has 0 aromatic rings. The van der Waals surface area contributed by atoms with Gasteiger partial charge in [-0.25, -0.2) is 0 Å². The molecular weight excluding hydrogens is 348 g/mol. The van der Waals surface area contributed by atoms with Crippen molar-refractivity contribution in [1.82, 2.24) is 0 Å². The highest BCUT2D eigenvalue weighted by atomic mass is 16.4. The zero-order valence-corrected chi connectivity index (χ0v) is 17.7. The third kappa shape index (κ3) is 45.7. The van der Waals surface area contributed by atoms with Crippen molar-refractivity contribution >= 4 is 11.9 Å². The zero-order chi connectivity index (χ0) is 21.3. The molecule has 1 unspecified atom stereocenters. The minimum atomic E-state index is -0.920. The van der Waals surface area contributed by atoms with Crippen LogP contribution < -0.4 is 10.2 Å². The van der Waals surface area contributed by atoms with E-state index in [0.29, 0.717) is 0 Å². The number of aliphatic hydroxyl groups excluding tert-OH is 2. The molecule has 0 aromatic carbocycles. The van der Waals surface area contributed by atoms with Gasteiger partial charge in [0.1, 0.15) is 0 Å². The van der Waals surface area contributed by atoms with Crippen molar-refractivity contribution in [3.8, 4) is 0 Å². The number of hydrogen-bond donors (Lipinski definition) is 2. The molecule has 0 aliphatic carbocycles. The Morgan fingerprint density at radius 3 is 1.19 bits per heavy atom. The Morgan fingerprint density at radius 1 is 0.704 bits per heavy atom. The van der Waals surface area contributed by atoms with E-state index in [1.165, 1.54) is 51.9 Å². The van der Waals surface area contributed by atoms with Crippen LogP contribution in [-0.2, 0) is 9.59 Å².